The molecule has 176 valence electrons. The molecule has 0 radical (unpaired) electrons. The molecule has 1 aliphatic rings. The van der Waals surface area contributed by atoms with E-state index in [4.69, 9.17) is 23.7 Å². The monoisotopic (exact) mass is 439 g/mol. The molecule has 0 spiro atoms. The summed E-state index contributed by atoms with van der Waals surface area (Å²) in [5, 5.41) is 10.2. The van der Waals surface area contributed by atoms with Gasteiger partial charge in [0.1, 0.15) is 18.3 Å². The number of rotatable bonds is 14. The van der Waals surface area contributed by atoms with Crippen LogP contribution in [0, 0.1) is 0 Å². The van der Waals surface area contributed by atoms with Crippen LogP contribution in [0.2, 0.25) is 0 Å². The van der Waals surface area contributed by atoms with E-state index in [0.717, 1.165) is 19.3 Å². The molecule has 3 unspecified atom stereocenters. The molecule has 4 atom stereocenters. The van der Waals surface area contributed by atoms with Crippen molar-refractivity contribution in [2.24, 2.45) is 0 Å². The van der Waals surface area contributed by atoms with E-state index in [0.29, 0.717) is 32.8 Å². The van der Waals surface area contributed by atoms with E-state index in [1.54, 1.807) is 0 Å². The van der Waals surface area contributed by atoms with Gasteiger partial charge < -0.3 is 28.8 Å². The lowest BCUT2D eigenvalue weighted by Gasteiger charge is -2.42. The molecule has 31 heavy (non-hydrogen) atoms. The van der Waals surface area contributed by atoms with E-state index in [1.807, 2.05) is 6.92 Å². The number of pyridine rings is 1. The van der Waals surface area contributed by atoms with Gasteiger partial charge in [0.25, 0.3) is 0 Å². The molecule has 0 bridgehead atoms. The van der Waals surface area contributed by atoms with Crippen LogP contribution in [0.25, 0.3) is 0 Å². The number of carbonyl (C=O) groups is 1. The highest BCUT2D eigenvalue weighted by atomic mass is 16.6. The number of carbonyl (C=O) groups excluding carboxylic acids is 1. The van der Waals surface area contributed by atoms with Gasteiger partial charge >= 0.3 is 0 Å². The summed E-state index contributed by atoms with van der Waals surface area (Å²) in [7, 11) is 1.43. The molecule has 1 aliphatic heterocycles. The van der Waals surface area contributed by atoms with E-state index in [-0.39, 0.29) is 53.8 Å². The van der Waals surface area contributed by atoms with Gasteiger partial charge in [0, 0.05) is 38.5 Å². The van der Waals surface area contributed by atoms with Gasteiger partial charge in [0.2, 0.25) is 0 Å². The maximum atomic E-state index is 12.7. The Morgan fingerprint density at radius 1 is 1.10 bits per heavy atom. The van der Waals surface area contributed by atoms with Gasteiger partial charge in [-0.1, -0.05) is 20.8 Å². The molecule has 0 aliphatic carbocycles. The molecule has 1 N–H and O–H groups in total. The predicted octanol–water partition coefficient (Wildman–Crippen LogP) is 3.54. The molecule has 1 fully saturated rings. The SMILES string of the molecule is CCCOC1COC(CCC(=O)c2nccc(OC)c2O)[C@H](OCCC)C1OCCC. The molecule has 0 aromatic carbocycles. The van der Waals surface area contributed by atoms with Crippen LogP contribution in [0.5, 0.6) is 11.5 Å². The summed E-state index contributed by atoms with van der Waals surface area (Å²) in [6.45, 7) is 8.37. The lowest BCUT2D eigenvalue weighted by molar-refractivity contribution is -0.231. The van der Waals surface area contributed by atoms with Crippen LogP contribution in [0.1, 0.15) is 63.4 Å². The van der Waals surface area contributed by atoms with E-state index < -0.39 is 0 Å². The maximum Gasteiger partial charge on any atom is 0.187 e. The summed E-state index contributed by atoms with van der Waals surface area (Å²) >= 11 is 0. The Morgan fingerprint density at radius 3 is 2.39 bits per heavy atom. The summed E-state index contributed by atoms with van der Waals surface area (Å²) in [5.41, 5.74) is 0.00382. The van der Waals surface area contributed by atoms with Gasteiger partial charge in [0.05, 0.1) is 19.8 Å². The molecule has 2 heterocycles. The van der Waals surface area contributed by atoms with Crippen molar-refractivity contribution < 1.29 is 33.6 Å². The number of Topliss-reactive ketones (excluding diaryl/α,β-unsaturated/α-hetero) is 1. The van der Waals surface area contributed by atoms with Gasteiger partial charge in [-0.05, 0) is 25.7 Å². The van der Waals surface area contributed by atoms with Crippen molar-refractivity contribution in [3.63, 3.8) is 0 Å². The fourth-order valence-electron chi connectivity index (χ4n) is 3.60. The number of ketones is 1. The van der Waals surface area contributed by atoms with Crippen LogP contribution in [0.4, 0.5) is 0 Å². The first kappa shape index (κ1) is 25.5. The molecule has 2 rings (SSSR count). The van der Waals surface area contributed by atoms with Crippen LogP contribution in [0.3, 0.4) is 0 Å². The summed E-state index contributed by atoms with van der Waals surface area (Å²) in [6.07, 6.45) is 3.59. The molecule has 0 amide bonds. The van der Waals surface area contributed by atoms with Crippen molar-refractivity contribution in [1.82, 2.24) is 4.98 Å². The van der Waals surface area contributed by atoms with E-state index in [1.165, 1.54) is 19.4 Å². The zero-order valence-corrected chi connectivity index (χ0v) is 19.2. The fraction of sp³-hybridized carbons (Fsp3) is 0.739. The average molecular weight is 440 g/mol. The van der Waals surface area contributed by atoms with E-state index in [9.17, 15) is 9.90 Å². The van der Waals surface area contributed by atoms with Gasteiger partial charge in [-0.25, -0.2) is 4.98 Å². The first-order chi connectivity index (χ1) is 15.1. The Balaban J connectivity index is 2.10. The minimum Gasteiger partial charge on any atom is -0.503 e. The number of aromatic hydroxyl groups is 1. The molecule has 8 heteroatoms. The quantitative estimate of drug-likeness (QED) is 0.440. The highest BCUT2D eigenvalue weighted by Crippen LogP contribution is 2.30. The second-order valence-corrected chi connectivity index (χ2v) is 7.62. The summed E-state index contributed by atoms with van der Waals surface area (Å²) in [4.78, 5) is 16.8. The molecule has 8 nitrogen and oxygen atoms in total. The number of hydrogen-bond donors (Lipinski definition) is 1. The third-order valence-corrected chi connectivity index (χ3v) is 5.12. The zero-order valence-electron chi connectivity index (χ0n) is 19.2. The standard InChI is InChI=1S/C23H37NO7/c1-5-12-28-19-15-31-18(22(29-13-6-2)23(19)30-14-7-3)9-8-16(25)20-21(26)17(27-4)10-11-24-20/h10-11,18-19,22-23,26H,5-9,12-15H2,1-4H3/t18?,19?,22-,23?/m0/s1. The lowest BCUT2D eigenvalue weighted by atomic mass is 9.94. The van der Waals surface area contributed by atoms with Crippen LogP contribution in [-0.4, -0.2) is 73.8 Å². The van der Waals surface area contributed by atoms with Crippen molar-refractivity contribution in [2.45, 2.75) is 77.3 Å². The minimum absolute atomic E-state index is 0.00382. The maximum absolute atomic E-state index is 12.7. The number of ether oxygens (including phenoxy) is 5. The minimum atomic E-state index is -0.332. The third kappa shape index (κ3) is 7.14. The Labute approximate surface area is 185 Å². The third-order valence-electron chi connectivity index (χ3n) is 5.12. The van der Waals surface area contributed by atoms with Gasteiger partial charge in [-0.3, -0.25) is 4.79 Å². The van der Waals surface area contributed by atoms with Crippen molar-refractivity contribution in [3.8, 4) is 11.5 Å². The first-order valence-corrected chi connectivity index (χ1v) is 11.3. The Kier molecular flexibility index (Phi) is 11.2. The number of aromatic nitrogens is 1. The van der Waals surface area contributed by atoms with E-state index in [2.05, 4.69) is 18.8 Å². The highest BCUT2D eigenvalue weighted by molar-refractivity contribution is 5.97. The first-order valence-electron chi connectivity index (χ1n) is 11.3. The smallest absolute Gasteiger partial charge is 0.187 e. The van der Waals surface area contributed by atoms with Crippen LogP contribution < -0.4 is 4.74 Å². The van der Waals surface area contributed by atoms with Crippen LogP contribution >= 0.6 is 0 Å². The topological polar surface area (TPSA) is 96.3 Å². The molecule has 1 aromatic rings. The molecular formula is C23H37NO7. The largest absolute Gasteiger partial charge is 0.503 e. The highest BCUT2D eigenvalue weighted by Gasteiger charge is 2.42. The molecule has 1 aromatic heterocycles. The van der Waals surface area contributed by atoms with Gasteiger partial charge in [0.15, 0.2) is 23.0 Å². The summed E-state index contributed by atoms with van der Waals surface area (Å²) in [6, 6.07) is 1.51. The van der Waals surface area contributed by atoms with Crippen molar-refractivity contribution in [3.05, 3.63) is 18.0 Å². The fourth-order valence-corrected chi connectivity index (χ4v) is 3.60. The normalized spacial score (nSPS) is 23.6. The molecular weight excluding hydrogens is 402 g/mol. The van der Waals surface area contributed by atoms with Gasteiger partial charge in [-0.2, -0.15) is 0 Å². The molecule has 0 saturated carbocycles. The second-order valence-electron chi connectivity index (χ2n) is 7.62. The zero-order chi connectivity index (χ0) is 22.6. The Morgan fingerprint density at radius 2 is 1.74 bits per heavy atom. The summed E-state index contributed by atoms with van der Waals surface area (Å²) in [5.74, 6) is -0.291. The van der Waals surface area contributed by atoms with Crippen molar-refractivity contribution in [1.29, 1.82) is 0 Å². The number of methoxy groups -OCH3 is 1. The summed E-state index contributed by atoms with van der Waals surface area (Å²) < 4.78 is 29.4. The lowest BCUT2D eigenvalue weighted by Crippen LogP contribution is -2.56. The Hall–Kier alpha value is -1.74. The van der Waals surface area contributed by atoms with Crippen LogP contribution in [0.15, 0.2) is 12.3 Å². The van der Waals surface area contributed by atoms with E-state index >= 15 is 0 Å². The Bertz CT molecular complexity index is 669. The van der Waals surface area contributed by atoms with Crippen molar-refractivity contribution >= 4 is 5.78 Å². The predicted molar refractivity (Wildman–Crippen MR) is 116 cm³/mol. The number of nitrogens with zero attached hydrogens (tertiary/aromatic N) is 1. The number of hydrogen-bond acceptors (Lipinski definition) is 8. The second kappa shape index (κ2) is 13.6. The van der Waals surface area contributed by atoms with Crippen LogP contribution in [-0.2, 0) is 18.9 Å². The van der Waals surface area contributed by atoms with Crippen molar-refractivity contribution in [2.75, 3.05) is 33.5 Å². The van der Waals surface area contributed by atoms with Gasteiger partial charge in [-0.15, -0.1) is 0 Å². The molecule has 1 saturated heterocycles. The average Bonchev–Trinajstić information content (AvgIpc) is 2.79.